The summed E-state index contributed by atoms with van der Waals surface area (Å²) >= 11 is 0. The zero-order valence-electron chi connectivity index (χ0n) is 15.5. The van der Waals surface area contributed by atoms with Crippen molar-refractivity contribution in [3.8, 4) is 0 Å². The van der Waals surface area contributed by atoms with E-state index in [0.29, 0.717) is 6.04 Å². The third kappa shape index (κ3) is 3.55. The maximum absolute atomic E-state index is 4.84. The summed E-state index contributed by atoms with van der Waals surface area (Å²) in [6, 6.07) is 6.86. The summed E-state index contributed by atoms with van der Waals surface area (Å²) in [5.74, 6) is 1.68. The first kappa shape index (κ1) is 17.0. The maximum Gasteiger partial charge on any atom is 0.227 e. The Bertz CT molecular complexity index is 816. The molecule has 26 heavy (non-hydrogen) atoms. The fourth-order valence-electron chi connectivity index (χ4n) is 3.48. The average Bonchev–Trinajstić information content (AvgIpc) is 2.98. The van der Waals surface area contributed by atoms with Crippen molar-refractivity contribution >= 4 is 23.7 Å². The number of aliphatic imine (C=N–C) groups is 1. The van der Waals surface area contributed by atoms with Crippen molar-refractivity contribution in [2.75, 3.05) is 29.9 Å². The summed E-state index contributed by atoms with van der Waals surface area (Å²) in [7, 11) is 0. The topological polar surface area (TPSA) is 65.4 Å². The van der Waals surface area contributed by atoms with Gasteiger partial charge in [-0.2, -0.15) is 4.98 Å². The highest BCUT2D eigenvalue weighted by molar-refractivity contribution is 5.86. The normalized spacial score (nSPS) is 19.3. The van der Waals surface area contributed by atoms with Gasteiger partial charge in [0, 0.05) is 42.8 Å². The van der Waals surface area contributed by atoms with Crippen molar-refractivity contribution in [1.82, 2.24) is 15.3 Å². The lowest BCUT2D eigenvalue weighted by atomic mass is 10.1. The van der Waals surface area contributed by atoms with E-state index < -0.39 is 0 Å². The number of anilines is 3. The third-order valence-corrected chi connectivity index (χ3v) is 5.11. The fraction of sp³-hybridized carbons (Fsp3) is 0.450. The number of fused-ring (bicyclic) bond motifs is 1. The van der Waals surface area contributed by atoms with E-state index in [4.69, 9.17) is 4.98 Å². The summed E-state index contributed by atoms with van der Waals surface area (Å²) in [6.45, 7) is 8.05. The van der Waals surface area contributed by atoms with Crippen LogP contribution < -0.4 is 15.5 Å². The van der Waals surface area contributed by atoms with Gasteiger partial charge in [0.15, 0.2) is 0 Å². The smallest absolute Gasteiger partial charge is 0.227 e. The highest BCUT2D eigenvalue weighted by atomic mass is 15.3. The minimum Gasteiger partial charge on any atom is -0.340 e. The Morgan fingerprint density at radius 3 is 3.15 bits per heavy atom. The van der Waals surface area contributed by atoms with E-state index in [0.717, 1.165) is 62.0 Å². The predicted molar refractivity (Wildman–Crippen MR) is 107 cm³/mol. The molecule has 2 aliphatic rings. The Hall–Kier alpha value is -2.47. The van der Waals surface area contributed by atoms with Crippen LogP contribution in [0.1, 0.15) is 36.5 Å². The molecule has 1 saturated heterocycles. The van der Waals surface area contributed by atoms with Crippen molar-refractivity contribution in [2.45, 2.75) is 39.3 Å². The van der Waals surface area contributed by atoms with Gasteiger partial charge in [-0.1, -0.05) is 13.0 Å². The molecular formula is C20H26N6. The van der Waals surface area contributed by atoms with Gasteiger partial charge in [0.1, 0.15) is 5.82 Å². The lowest BCUT2D eigenvalue weighted by molar-refractivity contribution is 0.527. The van der Waals surface area contributed by atoms with Crippen molar-refractivity contribution in [3.63, 3.8) is 0 Å². The molecule has 3 heterocycles. The average molecular weight is 350 g/mol. The van der Waals surface area contributed by atoms with Gasteiger partial charge in [0.2, 0.25) is 5.95 Å². The number of nitrogens with one attached hydrogen (secondary N) is 2. The quantitative estimate of drug-likeness (QED) is 0.887. The van der Waals surface area contributed by atoms with Crippen molar-refractivity contribution in [1.29, 1.82) is 0 Å². The largest absolute Gasteiger partial charge is 0.340 e. The van der Waals surface area contributed by atoms with Gasteiger partial charge in [0.05, 0.1) is 6.54 Å². The summed E-state index contributed by atoms with van der Waals surface area (Å²) in [5, 5.41) is 7.06. The number of aromatic nitrogens is 2. The monoisotopic (exact) mass is 350 g/mol. The number of hydrogen-bond donors (Lipinski definition) is 2. The summed E-state index contributed by atoms with van der Waals surface area (Å²) in [6.07, 6.45) is 6.08. The molecule has 0 radical (unpaired) electrons. The van der Waals surface area contributed by atoms with E-state index in [1.807, 2.05) is 19.3 Å². The Morgan fingerprint density at radius 1 is 1.35 bits per heavy atom. The predicted octanol–water partition coefficient (Wildman–Crippen LogP) is 3.04. The van der Waals surface area contributed by atoms with Crippen LogP contribution in [0.5, 0.6) is 0 Å². The molecule has 2 N–H and O–H groups in total. The van der Waals surface area contributed by atoms with Crippen LogP contribution in [0.25, 0.3) is 0 Å². The van der Waals surface area contributed by atoms with Gasteiger partial charge in [-0.05, 0) is 49.6 Å². The molecule has 1 atom stereocenters. The fourth-order valence-corrected chi connectivity index (χ4v) is 3.48. The highest BCUT2D eigenvalue weighted by Crippen LogP contribution is 2.24. The lowest BCUT2D eigenvalue weighted by Gasteiger charge is -2.24. The van der Waals surface area contributed by atoms with Gasteiger partial charge in [-0.25, -0.2) is 4.98 Å². The Kier molecular flexibility index (Phi) is 4.84. The molecule has 1 fully saturated rings. The Morgan fingerprint density at radius 2 is 2.27 bits per heavy atom. The molecule has 6 nitrogen and oxygen atoms in total. The molecule has 0 amide bonds. The van der Waals surface area contributed by atoms with Crippen LogP contribution in [0.15, 0.2) is 29.4 Å². The second-order valence-corrected chi connectivity index (χ2v) is 7.07. The molecule has 0 bridgehead atoms. The number of benzene rings is 1. The Balaban J connectivity index is 1.57. The number of nitrogens with zero attached hydrogens (tertiary/aromatic N) is 4. The van der Waals surface area contributed by atoms with Crippen LogP contribution >= 0.6 is 0 Å². The summed E-state index contributed by atoms with van der Waals surface area (Å²) < 4.78 is 0. The molecule has 0 aliphatic carbocycles. The Labute approximate surface area is 154 Å². The highest BCUT2D eigenvalue weighted by Gasteiger charge is 2.19. The zero-order valence-corrected chi connectivity index (χ0v) is 15.5. The standard InChI is InChI=1S/C20H26N6/c1-3-17-13-26(8-4-7-22-17)20-23-10-14(2)19(25-20)24-18-6-5-15-11-21-12-16(15)9-18/h5-6,9-10,12,17,22H,3-4,7-8,11,13H2,1-2H3,(H,23,24,25). The van der Waals surface area contributed by atoms with Crippen molar-refractivity contribution in [2.24, 2.45) is 4.99 Å². The van der Waals surface area contributed by atoms with Gasteiger partial charge in [-0.15, -0.1) is 0 Å². The molecule has 1 unspecified atom stereocenters. The number of hydrogen-bond acceptors (Lipinski definition) is 6. The SMILES string of the molecule is CCC1CN(c2ncc(C)c(Nc3ccc4c(c3)C=NC4)n2)CCCN1. The van der Waals surface area contributed by atoms with Crippen LogP contribution in [0.2, 0.25) is 0 Å². The minimum absolute atomic E-state index is 0.495. The molecule has 6 heteroatoms. The molecule has 2 aliphatic heterocycles. The summed E-state index contributed by atoms with van der Waals surface area (Å²) in [5.41, 5.74) is 4.54. The molecule has 0 spiro atoms. The second-order valence-electron chi connectivity index (χ2n) is 7.07. The molecule has 1 aromatic carbocycles. The lowest BCUT2D eigenvalue weighted by Crippen LogP contribution is -2.37. The van der Waals surface area contributed by atoms with E-state index in [1.54, 1.807) is 0 Å². The molecule has 4 rings (SSSR count). The van der Waals surface area contributed by atoms with Crippen LogP contribution in [-0.2, 0) is 6.54 Å². The minimum atomic E-state index is 0.495. The molecule has 136 valence electrons. The van der Waals surface area contributed by atoms with Crippen LogP contribution in [0.4, 0.5) is 17.5 Å². The van der Waals surface area contributed by atoms with Crippen LogP contribution in [0.3, 0.4) is 0 Å². The second kappa shape index (κ2) is 7.41. The van der Waals surface area contributed by atoms with E-state index in [9.17, 15) is 0 Å². The molecule has 0 saturated carbocycles. The molecule has 2 aromatic rings. The van der Waals surface area contributed by atoms with Crippen LogP contribution in [-0.4, -0.2) is 41.9 Å². The first-order valence-corrected chi connectivity index (χ1v) is 9.44. The van der Waals surface area contributed by atoms with Gasteiger partial charge in [0.25, 0.3) is 0 Å². The number of rotatable bonds is 4. The number of aryl methyl sites for hydroxylation is 1. The van der Waals surface area contributed by atoms with E-state index in [-0.39, 0.29) is 0 Å². The third-order valence-electron chi connectivity index (χ3n) is 5.11. The van der Waals surface area contributed by atoms with E-state index in [2.05, 4.69) is 50.6 Å². The van der Waals surface area contributed by atoms with Gasteiger partial charge < -0.3 is 15.5 Å². The zero-order chi connectivity index (χ0) is 17.9. The van der Waals surface area contributed by atoms with Gasteiger partial charge >= 0.3 is 0 Å². The van der Waals surface area contributed by atoms with Gasteiger partial charge in [-0.3, -0.25) is 4.99 Å². The summed E-state index contributed by atoms with van der Waals surface area (Å²) in [4.78, 5) is 16.1. The first-order chi connectivity index (χ1) is 12.7. The first-order valence-electron chi connectivity index (χ1n) is 9.44. The van der Waals surface area contributed by atoms with E-state index in [1.165, 1.54) is 11.1 Å². The van der Waals surface area contributed by atoms with Crippen molar-refractivity contribution < 1.29 is 0 Å². The van der Waals surface area contributed by atoms with Crippen LogP contribution in [0, 0.1) is 6.92 Å². The molecule has 1 aromatic heterocycles. The maximum atomic E-state index is 4.84. The molecular weight excluding hydrogens is 324 g/mol. The van der Waals surface area contributed by atoms with Crippen molar-refractivity contribution in [3.05, 3.63) is 41.1 Å². The van der Waals surface area contributed by atoms with E-state index >= 15 is 0 Å².